The summed E-state index contributed by atoms with van der Waals surface area (Å²) in [6.45, 7) is 6.07. The van der Waals surface area contributed by atoms with Gasteiger partial charge in [0, 0.05) is 6.42 Å². The second kappa shape index (κ2) is 6.86. The van der Waals surface area contributed by atoms with Gasteiger partial charge in [-0.3, -0.25) is 4.79 Å². The van der Waals surface area contributed by atoms with Crippen molar-refractivity contribution in [3.8, 4) is 0 Å². The number of amides is 1. The number of rotatable bonds is 5. The van der Waals surface area contributed by atoms with Crippen LogP contribution in [-0.2, 0) is 4.79 Å². The largest absolute Gasteiger partial charge is 0.394 e. The maximum absolute atomic E-state index is 11.7. The Bertz CT molecular complexity index is 213. The molecule has 1 aliphatic rings. The fourth-order valence-electron chi connectivity index (χ4n) is 2.04. The van der Waals surface area contributed by atoms with Crippen molar-refractivity contribution in [1.82, 2.24) is 10.6 Å². The lowest BCUT2D eigenvalue weighted by Gasteiger charge is -2.24. The second-order valence-electron chi connectivity index (χ2n) is 5.00. The van der Waals surface area contributed by atoms with Gasteiger partial charge in [0.2, 0.25) is 5.91 Å². The van der Waals surface area contributed by atoms with E-state index in [1.54, 1.807) is 0 Å². The predicted octanol–water partition coefficient (Wildman–Crippen LogP) is 0.509. The van der Waals surface area contributed by atoms with Crippen molar-refractivity contribution in [3.63, 3.8) is 0 Å². The zero-order chi connectivity index (χ0) is 12.0. The number of carbonyl (C=O) groups is 1. The Morgan fingerprint density at radius 1 is 1.44 bits per heavy atom. The molecular weight excluding hydrogens is 204 g/mol. The SMILES string of the molecule is CC(C)[C@@H](CO)NC(=O)CC1CCNCC1. The number of aliphatic hydroxyl groups is 1. The van der Waals surface area contributed by atoms with Gasteiger partial charge >= 0.3 is 0 Å². The molecule has 0 aromatic heterocycles. The minimum Gasteiger partial charge on any atom is -0.394 e. The molecule has 0 aromatic carbocycles. The monoisotopic (exact) mass is 228 g/mol. The van der Waals surface area contributed by atoms with Crippen LogP contribution in [0.3, 0.4) is 0 Å². The summed E-state index contributed by atoms with van der Waals surface area (Å²) in [4.78, 5) is 11.7. The quantitative estimate of drug-likeness (QED) is 0.642. The zero-order valence-electron chi connectivity index (χ0n) is 10.3. The van der Waals surface area contributed by atoms with Gasteiger partial charge in [0.15, 0.2) is 0 Å². The molecule has 4 heteroatoms. The highest BCUT2D eigenvalue weighted by atomic mass is 16.3. The van der Waals surface area contributed by atoms with Crippen LogP contribution in [0.25, 0.3) is 0 Å². The Labute approximate surface area is 97.8 Å². The van der Waals surface area contributed by atoms with Gasteiger partial charge in [-0.25, -0.2) is 0 Å². The van der Waals surface area contributed by atoms with Crippen molar-refractivity contribution >= 4 is 5.91 Å². The maximum Gasteiger partial charge on any atom is 0.220 e. The van der Waals surface area contributed by atoms with Crippen molar-refractivity contribution in [2.75, 3.05) is 19.7 Å². The molecule has 1 rings (SSSR count). The van der Waals surface area contributed by atoms with E-state index in [0.29, 0.717) is 12.3 Å². The molecule has 0 spiro atoms. The normalized spacial score (nSPS) is 19.8. The van der Waals surface area contributed by atoms with Gasteiger partial charge in [-0.15, -0.1) is 0 Å². The molecule has 1 heterocycles. The van der Waals surface area contributed by atoms with E-state index in [1.807, 2.05) is 13.8 Å². The summed E-state index contributed by atoms with van der Waals surface area (Å²) in [5.41, 5.74) is 0. The van der Waals surface area contributed by atoms with Crippen LogP contribution in [-0.4, -0.2) is 36.8 Å². The van der Waals surface area contributed by atoms with Gasteiger partial charge in [0.1, 0.15) is 0 Å². The van der Waals surface area contributed by atoms with Crippen molar-refractivity contribution < 1.29 is 9.90 Å². The lowest BCUT2D eigenvalue weighted by Crippen LogP contribution is -2.42. The topological polar surface area (TPSA) is 61.4 Å². The van der Waals surface area contributed by atoms with Gasteiger partial charge in [0.05, 0.1) is 12.6 Å². The third-order valence-electron chi connectivity index (χ3n) is 3.28. The molecule has 0 bridgehead atoms. The van der Waals surface area contributed by atoms with Crippen LogP contribution in [0, 0.1) is 11.8 Å². The summed E-state index contributed by atoms with van der Waals surface area (Å²) in [5, 5.41) is 15.3. The first kappa shape index (κ1) is 13.5. The molecule has 4 nitrogen and oxygen atoms in total. The first-order valence-electron chi connectivity index (χ1n) is 6.24. The molecular formula is C12H24N2O2. The molecule has 3 N–H and O–H groups in total. The van der Waals surface area contributed by atoms with Crippen LogP contribution >= 0.6 is 0 Å². The first-order chi connectivity index (χ1) is 7.63. The minimum absolute atomic E-state index is 0.0234. The summed E-state index contributed by atoms with van der Waals surface area (Å²) in [6.07, 6.45) is 2.77. The summed E-state index contributed by atoms with van der Waals surface area (Å²) < 4.78 is 0. The number of aliphatic hydroxyl groups excluding tert-OH is 1. The average molecular weight is 228 g/mol. The molecule has 16 heavy (non-hydrogen) atoms. The smallest absolute Gasteiger partial charge is 0.220 e. The molecule has 1 saturated heterocycles. The maximum atomic E-state index is 11.7. The molecule has 1 amide bonds. The van der Waals surface area contributed by atoms with Gasteiger partial charge in [-0.2, -0.15) is 0 Å². The van der Waals surface area contributed by atoms with E-state index in [-0.39, 0.29) is 24.5 Å². The van der Waals surface area contributed by atoms with Gasteiger partial charge < -0.3 is 15.7 Å². The Kier molecular flexibility index (Phi) is 5.77. The molecule has 0 unspecified atom stereocenters. The van der Waals surface area contributed by atoms with Crippen LogP contribution in [0.4, 0.5) is 0 Å². The van der Waals surface area contributed by atoms with E-state index in [1.165, 1.54) is 0 Å². The number of carbonyl (C=O) groups excluding carboxylic acids is 1. The molecule has 0 radical (unpaired) electrons. The van der Waals surface area contributed by atoms with Gasteiger partial charge in [0.25, 0.3) is 0 Å². The van der Waals surface area contributed by atoms with Crippen LogP contribution in [0.2, 0.25) is 0 Å². The number of hydrogen-bond donors (Lipinski definition) is 3. The Morgan fingerprint density at radius 3 is 2.56 bits per heavy atom. The molecule has 94 valence electrons. The van der Waals surface area contributed by atoms with Crippen LogP contribution < -0.4 is 10.6 Å². The van der Waals surface area contributed by atoms with Crippen LogP contribution in [0.5, 0.6) is 0 Å². The molecule has 0 saturated carbocycles. The lowest BCUT2D eigenvalue weighted by atomic mass is 9.94. The first-order valence-corrected chi connectivity index (χ1v) is 6.24. The third kappa shape index (κ3) is 4.49. The minimum atomic E-state index is -0.103. The van der Waals surface area contributed by atoms with Gasteiger partial charge in [-0.05, 0) is 37.8 Å². The average Bonchev–Trinajstić information content (AvgIpc) is 2.27. The molecule has 1 atom stereocenters. The molecule has 0 aliphatic carbocycles. The van der Waals surface area contributed by atoms with Crippen LogP contribution in [0.1, 0.15) is 33.1 Å². The van der Waals surface area contributed by atoms with Gasteiger partial charge in [-0.1, -0.05) is 13.8 Å². The third-order valence-corrected chi connectivity index (χ3v) is 3.28. The molecule has 0 aromatic rings. The van der Waals surface area contributed by atoms with Crippen molar-refractivity contribution in [1.29, 1.82) is 0 Å². The number of hydrogen-bond acceptors (Lipinski definition) is 3. The summed E-state index contributed by atoms with van der Waals surface area (Å²) in [5.74, 6) is 0.870. The summed E-state index contributed by atoms with van der Waals surface area (Å²) in [7, 11) is 0. The summed E-state index contributed by atoms with van der Waals surface area (Å²) >= 11 is 0. The van der Waals surface area contributed by atoms with Crippen molar-refractivity contribution in [3.05, 3.63) is 0 Å². The van der Waals surface area contributed by atoms with E-state index in [2.05, 4.69) is 10.6 Å². The van der Waals surface area contributed by atoms with E-state index in [4.69, 9.17) is 5.11 Å². The van der Waals surface area contributed by atoms with Crippen molar-refractivity contribution in [2.24, 2.45) is 11.8 Å². The number of piperidine rings is 1. The molecule has 1 fully saturated rings. The second-order valence-corrected chi connectivity index (χ2v) is 5.00. The highest BCUT2D eigenvalue weighted by Crippen LogP contribution is 2.15. The van der Waals surface area contributed by atoms with E-state index < -0.39 is 0 Å². The molecule has 1 aliphatic heterocycles. The Morgan fingerprint density at radius 2 is 2.06 bits per heavy atom. The Balaban J connectivity index is 2.28. The van der Waals surface area contributed by atoms with Crippen LogP contribution in [0.15, 0.2) is 0 Å². The van der Waals surface area contributed by atoms with Crippen molar-refractivity contribution in [2.45, 2.75) is 39.2 Å². The van der Waals surface area contributed by atoms with E-state index in [9.17, 15) is 4.79 Å². The number of nitrogens with one attached hydrogen (secondary N) is 2. The zero-order valence-corrected chi connectivity index (χ0v) is 10.3. The lowest BCUT2D eigenvalue weighted by molar-refractivity contribution is -0.123. The van der Waals surface area contributed by atoms with E-state index >= 15 is 0 Å². The standard InChI is InChI=1S/C12H24N2O2/c1-9(2)11(8-15)14-12(16)7-10-3-5-13-6-4-10/h9-11,13,15H,3-8H2,1-2H3,(H,14,16)/t11-/m1/s1. The predicted molar refractivity (Wildman–Crippen MR) is 64.1 cm³/mol. The fraction of sp³-hybridized carbons (Fsp3) is 0.917. The van der Waals surface area contributed by atoms with E-state index in [0.717, 1.165) is 25.9 Å². The fourth-order valence-corrected chi connectivity index (χ4v) is 2.04. The highest BCUT2D eigenvalue weighted by molar-refractivity contribution is 5.76. The summed E-state index contributed by atoms with van der Waals surface area (Å²) in [6, 6.07) is -0.103. The highest BCUT2D eigenvalue weighted by Gasteiger charge is 2.19. The Hall–Kier alpha value is -0.610.